The van der Waals surface area contributed by atoms with Gasteiger partial charge in [-0.3, -0.25) is 4.90 Å². The molecule has 1 heterocycles. The smallest absolute Gasteiger partial charge is 0.0242 e. The molecular weight excluding hydrogens is 186 g/mol. The van der Waals surface area contributed by atoms with Crippen LogP contribution in [0.3, 0.4) is 0 Å². The summed E-state index contributed by atoms with van der Waals surface area (Å²) in [6.07, 6.45) is 0. The van der Waals surface area contributed by atoms with Crippen LogP contribution in [0.5, 0.6) is 0 Å². The highest BCUT2D eigenvalue weighted by Gasteiger charge is 2.23. The zero-order valence-electron chi connectivity index (χ0n) is 11.2. The Morgan fingerprint density at radius 1 is 1.13 bits per heavy atom. The molecule has 0 spiro atoms. The Bertz CT molecular complexity index is 145. The molecule has 1 atom stereocenters. The normalized spacial score (nSPS) is 21.0. The zero-order valence-corrected chi connectivity index (χ0v) is 11.2. The van der Waals surface area contributed by atoms with Crippen molar-refractivity contribution in [3.63, 3.8) is 0 Å². The summed E-state index contributed by atoms with van der Waals surface area (Å²) in [6.45, 7) is 14.0. The first kappa shape index (κ1) is 14.9. The quantitative estimate of drug-likeness (QED) is 0.777. The summed E-state index contributed by atoms with van der Waals surface area (Å²) >= 11 is 0. The molecule has 0 radical (unpaired) electrons. The van der Waals surface area contributed by atoms with Crippen LogP contribution in [-0.4, -0.2) is 55.6 Å². The van der Waals surface area contributed by atoms with Crippen molar-refractivity contribution < 1.29 is 1.43 Å². The first-order valence-corrected chi connectivity index (χ1v) is 6.27. The lowest BCUT2D eigenvalue weighted by molar-refractivity contribution is 0.0923. The van der Waals surface area contributed by atoms with Gasteiger partial charge in [-0.15, -0.1) is 0 Å². The van der Waals surface area contributed by atoms with Crippen LogP contribution in [0.4, 0.5) is 0 Å². The van der Waals surface area contributed by atoms with E-state index in [1.165, 1.54) is 26.2 Å². The van der Waals surface area contributed by atoms with E-state index in [1.807, 2.05) is 13.8 Å². The van der Waals surface area contributed by atoms with E-state index >= 15 is 0 Å². The van der Waals surface area contributed by atoms with Gasteiger partial charge < -0.3 is 10.6 Å². The fraction of sp³-hybridized carbons (Fsp3) is 1.00. The van der Waals surface area contributed by atoms with Crippen molar-refractivity contribution in [2.24, 2.45) is 11.7 Å². The minimum absolute atomic E-state index is 0. The number of nitrogens with two attached hydrogens (primary N) is 1. The number of hydrogen-bond donors (Lipinski definition) is 1. The molecule has 1 saturated heterocycles. The molecule has 1 unspecified atom stereocenters. The van der Waals surface area contributed by atoms with Crippen LogP contribution in [0, 0.1) is 5.92 Å². The maximum Gasteiger partial charge on any atom is 0.0242 e. The van der Waals surface area contributed by atoms with Gasteiger partial charge in [-0.05, 0) is 13.0 Å². The minimum Gasteiger partial charge on any atom is -0.329 e. The van der Waals surface area contributed by atoms with E-state index in [0.717, 1.165) is 6.54 Å². The summed E-state index contributed by atoms with van der Waals surface area (Å²) in [5, 5.41) is 0. The highest BCUT2D eigenvalue weighted by Crippen LogP contribution is 2.11. The van der Waals surface area contributed by atoms with Crippen LogP contribution in [0.2, 0.25) is 0 Å². The van der Waals surface area contributed by atoms with Gasteiger partial charge in [0, 0.05) is 40.2 Å². The average Bonchev–Trinajstić information content (AvgIpc) is 2.24. The largest absolute Gasteiger partial charge is 0.329 e. The van der Waals surface area contributed by atoms with E-state index in [2.05, 4.69) is 30.7 Å². The number of piperazine rings is 1. The van der Waals surface area contributed by atoms with E-state index in [4.69, 9.17) is 5.73 Å². The second-order valence-corrected chi connectivity index (χ2v) is 4.39. The molecule has 0 aliphatic carbocycles. The molecular formula is C12H31N3. The molecule has 94 valence electrons. The third-order valence-corrected chi connectivity index (χ3v) is 3.02. The molecule has 15 heavy (non-hydrogen) atoms. The second kappa shape index (κ2) is 8.08. The topological polar surface area (TPSA) is 32.5 Å². The van der Waals surface area contributed by atoms with E-state index in [-0.39, 0.29) is 1.43 Å². The first-order valence-electron chi connectivity index (χ1n) is 6.27. The average molecular weight is 217 g/mol. The Labute approximate surface area is 97.1 Å². The molecule has 1 fully saturated rings. The lowest BCUT2D eigenvalue weighted by Crippen LogP contribution is -2.53. The van der Waals surface area contributed by atoms with Crippen LogP contribution in [0.1, 0.15) is 29.1 Å². The Balaban J connectivity index is 0. The van der Waals surface area contributed by atoms with Gasteiger partial charge >= 0.3 is 0 Å². The third kappa shape index (κ3) is 4.96. The molecule has 0 amide bonds. The molecule has 1 aliphatic heterocycles. The molecule has 0 aromatic rings. The van der Waals surface area contributed by atoms with Gasteiger partial charge in [0.1, 0.15) is 0 Å². The van der Waals surface area contributed by atoms with Crippen molar-refractivity contribution in [3.8, 4) is 0 Å². The van der Waals surface area contributed by atoms with Crippen molar-refractivity contribution in [3.05, 3.63) is 0 Å². The van der Waals surface area contributed by atoms with Crippen LogP contribution in [0.15, 0.2) is 0 Å². The van der Waals surface area contributed by atoms with Gasteiger partial charge in [0.25, 0.3) is 0 Å². The maximum atomic E-state index is 5.78. The molecule has 0 bridgehead atoms. The summed E-state index contributed by atoms with van der Waals surface area (Å²) in [7, 11) is 2.18. The highest BCUT2D eigenvalue weighted by atomic mass is 15.3. The number of hydrogen-bond acceptors (Lipinski definition) is 3. The number of rotatable bonds is 3. The summed E-state index contributed by atoms with van der Waals surface area (Å²) in [4.78, 5) is 4.91. The summed E-state index contributed by atoms with van der Waals surface area (Å²) < 4.78 is 0. The first-order chi connectivity index (χ1) is 7.15. The fourth-order valence-electron chi connectivity index (χ4n) is 2.00. The van der Waals surface area contributed by atoms with Gasteiger partial charge in [0.2, 0.25) is 0 Å². The van der Waals surface area contributed by atoms with Crippen molar-refractivity contribution in [2.45, 2.75) is 33.7 Å². The second-order valence-electron chi connectivity index (χ2n) is 4.39. The standard InChI is InChI=1S/C10H23N3.C2H6.H2/c1-9(2)10(8-11)13-6-4-12(3)5-7-13;1-2;/h9-10H,4-8,11H2,1-3H3;1-2H3;1H. The fourth-order valence-corrected chi connectivity index (χ4v) is 2.00. The zero-order chi connectivity index (χ0) is 11.8. The van der Waals surface area contributed by atoms with Crippen LogP contribution in [-0.2, 0) is 0 Å². The van der Waals surface area contributed by atoms with Gasteiger partial charge in [-0.2, -0.15) is 0 Å². The van der Waals surface area contributed by atoms with E-state index in [1.54, 1.807) is 0 Å². The summed E-state index contributed by atoms with van der Waals surface area (Å²) in [5.74, 6) is 0.674. The number of likely N-dealkylation sites (N-methyl/N-ethyl adjacent to an activating group) is 1. The van der Waals surface area contributed by atoms with Crippen molar-refractivity contribution in [1.29, 1.82) is 0 Å². The van der Waals surface area contributed by atoms with Crippen LogP contribution >= 0.6 is 0 Å². The highest BCUT2D eigenvalue weighted by molar-refractivity contribution is 4.79. The van der Waals surface area contributed by atoms with Crippen LogP contribution in [0.25, 0.3) is 0 Å². The van der Waals surface area contributed by atoms with E-state index in [9.17, 15) is 0 Å². The predicted molar refractivity (Wildman–Crippen MR) is 70.2 cm³/mol. The third-order valence-electron chi connectivity index (χ3n) is 3.02. The minimum atomic E-state index is 0. The van der Waals surface area contributed by atoms with Crippen molar-refractivity contribution in [1.82, 2.24) is 9.80 Å². The summed E-state index contributed by atoms with van der Waals surface area (Å²) in [5.41, 5.74) is 5.78. The molecule has 3 heteroatoms. The van der Waals surface area contributed by atoms with Gasteiger partial charge in [-0.1, -0.05) is 27.7 Å². The Kier molecular flexibility index (Phi) is 8.02. The molecule has 2 N–H and O–H groups in total. The van der Waals surface area contributed by atoms with Crippen molar-refractivity contribution in [2.75, 3.05) is 39.8 Å². The molecule has 3 nitrogen and oxygen atoms in total. The van der Waals surface area contributed by atoms with Gasteiger partial charge in [0.15, 0.2) is 0 Å². The molecule has 0 aromatic heterocycles. The Hall–Kier alpha value is -0.120. The molecule has 0 aromatic carbocycles. The monoisotopic (exact) mass is 217 g/mol. The van der Waals surface area contributed by atoms with Gasteiger partial charge in [-0.25, -0.2) is 0 Å². The van der Waals surface area contributed by atoms with Crippen molar-refractivity contribution >= 4 is 0 Å². The lowest BCUT2D eigenvalue weighted by Gasteiger charge is -2.39. The lowest BCUT2D eigenvalue weighted by atomic mass is 10.0. The summed E-state index contributed by atoms with van der Waals surface area (Å²) in [6, 6.07) is 0.578. The molecule has 1 aliphatic rings. The van der Waals surface area contributed by atoms with E-state index < -0.39 is 0 Å². The van der Waals surface area contributed by atoms with Crippen LogP contribution < -0.4 is 5.73 Å². The Morgan fingerprint density at radius 2 is 1.60 bits per heavy atom. The number of nitrogens with zero attached hydrogens (tertiary/aromatic N) is 2. The van der Waals surface area contributed by atoms with Gasteiger partial charge in [0.05, 0.1) is 0 Å². The Morgan fingerprint density at radius 3 is 1.93 bits per heavy atom. The van der Waals surface area contributed by atoms with E-state index in [0.29, 0.717) is 12.0 Å². The predicted octanol–water partition coefficient (Wildman–Crippen LogP) is 1.49. The SMILES string of the molecule is CC.CC(C)C(CN)N1CCN(C)CC1.[HH]. The molecule has 0 saturated carbocycles. The molecule has 1 rings (SSSR count). The maximum absolute atomic E-state index is 5.78.